The van der Waals surface area contributed by atoms with E-state index in [1.807, 2.05) is 51.8 Å². The Bertz CT molecular complexity index is 1340. The SMILES string of the molecule is CCCCn1c(=O)c2ccccc2n2c(SCC(=O)N3CCc4ccccc43)nnc12. The molecular weight excluding hydrogens is 410 g/mol. The number of unbranched alkanes of at least 4 members (excludes halogenated alkanes) is 1. The number of thioether (sulfide) groups is 1. The van der Waals surface area contributed by atoms with Gasteiger partial charge in [-0.1, -0.05) is 55.4 Å². The number of benzene rings is 2. The first kappa shape index (κ1) is 19.8. The summed E-state index contributed by atoms with van der Waals surface area (Å²) < 4.78 is 3.60. The van der Waals surface area contributed by atoms with Crippen molar-refractivity contribution in [1.82, 2.24) is 19.2 Å². The Kier molecular flexibility index (Phi) is 5.23. The van der Waals surface area contributed by atoms with Gasteiger partial charge in [-0.05, 0) is 36.6 Å². The standard InChI is InChI=1S/C23H23N5O2S/c1-2-3-13-27-21(30)17-9-5-7-11-19(17)28-22(27)24-25-23(28)31-15-20(29)26-14-12-16-8-4-6-10-18(16)26/h4-11H,2-3,12-15H2,1H3. The number of para-hydroxylation sites is 2. The molecule has 1 aliphatic heterocycles. The summed E-state index contributed by atoms with van der Waals surface area (Å²) in [5, 5.41) is 9.92. The van der Waals surface area contributed by atoms with Crippen molar-refractivity contribution >= 4 is 40.0 Å². The lowest BCUT2D eigenvalue weighted by molar-refractivity contribution is -0.116. The van der Waals surface area contributed by atoms with Crippen LogP contribution in [0.15, 0.2) is 58.5 Å². The molecule has 0 fully saturated rings. The van der Waals surface area contributed by atoms with Crippen LogP contribution in [-0.4, -0.2) is 37.4 Å². The molecule has 0 saturated carbocycles. The summed E-state index contributed by atoms with van der Waals surface area (Å²) in [4.78, 5) is 27.8. The van der Waals surface area contributed by atoms with E-state index in [1.165, 1.54) is 17.3 Å². The number of carbonyl (C=O) groups excluding carboxylic acids is 1. The van der Waals surface area contributed by atoms with Gasteiger partial charge in [-0.2, -0.15) is 0 Å². The average molecular weight is 434 g/mol. The second-order valence-corrected chi connectivity index (χ2v) is 8.60. The Balaban J connectivity index is 1.49. The predicted molar refractivity (Wildman–Crippen MR) is 123 cm³/mol. The number of amides is 1. The summed E-state index contributed by atoms with van der Waals surface area (Å²) in [6, 6.07) is 15.5. The number of rotatable bonds is 6. The topological polar surface area (TPSA) is 72.5 Å². The van der Waals surface area contributed by atoms with Crippen LogP contribution in [0.4, 0.5) is 5.69 Å². The minimum atomic E-state index is -0.0507. The molecule has 1 amide bonds. The molecule has 0 saturated heterocycles. The average Bonchev–Trinajstić information content (AvgIpc) is 3.42. The molecule has 0 spiro atoms. The molecule has 5 rings (SSSR count). The molecule has 0 aliphatic carbocycles. The van der Waals surface area contributed by atoms with Crippen molar-refractivity contribution in [3.8, 4) is 0 Å². The van der Waals surface area contributed by atoms with E-state index in [9.17, 15) is 9.59 Å². The fourth-order valence-corrected chi connectivity index (χ4v) is 4.96. The second-order valence-electron chi connectivity index (χ2n) is 7.66. The van der Waals surface area contributed by atoms with Crippen molar-refractivity contribution in [2.24, 2.45) is 0 Å². The molecule has 0 radical (unpaired) electrons. The van der Waals surface area contributed by atoms with Crippen LogP contribution in [0.5, 0.6) is 0 Å². The predicted octanol–water partition coefficient (Wildman–Crippen LogP) is 3.53. The Morgan fingerprint density at radius 3 is 2.77 bits per heavy atom. The summed E-state index contributed by atoms with van der Waals surface area (Å²) in [6.45, 7) is 3.39. The van der Waals surface area contributed by atoms with E-state index in [-0.39, 0.29) is 17.2 Å². The third-order valence-electron chi connectivity index (χ3n) is 5.73. The lowest BCUT2D eigenvalue weighted by Gasteiger charge is -2.16. The number of carbonyl (C=O) groups is 1. The van der Waals surface area contributed by atoms with Crippen LogP contribution in [0, 0.1) is 0 Å². The number of aromatic nitrogens is 4. The van der Waals surface area contributed by atoms with Crippen LogP contribution in [0.3, 0.4) is 0 Å². The lowest BCUT2D eigenvalue weighted by atomic mass is 10.2. The molecule has 0 atom stereocenters. The molecule has 2 aromatic heterocycles. The largest absolute Gasteiger partial charge is 0.311 e. The van der Waals surface area contributed by atoms with Gasteiger partial charge in [0.2, 0.25) is 11.7 Å². The van der Waals surface area contributed by atoms with Gasteiger partial charge in [0.1, 0.15) is 0 Å². The van der Waals surface area contributed by atoms with E-state index in [1.54, 1.807) is 4.57 Å². The van der Waals surface area contributed by atoms with Gasteiger partial charge in [0, 0.05) is 18.8 Å². The Labute approximate surface area is 183 Å². The highest BCUT2D eigenvalue weighted by atomic mass is 32.2. The van der Waals surface area contributed by atoms with Crippen molar-refractivity contribution in [2.75, 3.05) is 17.2 Å². The van der Waals surface area contributed by atoms with Gasteiger partial charge in [-0.15, -0.1) is 10.2 Å². The molecule has 8 heteroatoms. The van der Waals surface area contributed by atoms with Crippen molar-refractivity contribution < 1.29 is 4.79 Å². The maximum absolute atomic E-state index is 13.0. The van der Waals surface area contributed by atoms with Crippen LogP contribution in [0.25, 0.3) is 16.7 Å². The highest BCUT2D eigenvalue weighted by Gasteiger charge is 2.25. The molecule has 0 N–H and O–H groups in total. The maximum Gasteiger partial charge on any atom is 0.262 e. The summed E-state index contributed by atoms with van der Waals surface area (Å²) in [5.74, 6) is 0.839. The van der Waals surface area contributed by atoms with Gasteiger partial charge in [-0.3, -0.25) is 18.6 Å². The van der Waals surface area contributed by atoms with Gasteiger partial charge in [0.15, 0.2) is 5.16 Å². The molecule has 2 aromatic carbocycles. The Morgan fingerprint density at radius 1 is 1.10 bits per heavy atom. The van der Waals surface area contributed by atoms with Crippen molar-refractivity contribution in [3.05, 3.63) is 64.4 Å². The second kappa shape index (κ2) is 8.19. The molecule has 7 nitrogen and oxygen atoms in total. The minimum absolute atomic E-state index is 0.0507. The van der Waals surface area contributed by atoms with Gasteiger partial charge >= 0.3 is 0 Å². The molecule has 0 unspecified atom stereocenters. The molecule has 0 bridgehead atoms. The third-order valence-corrected chi connectivity index (χ3v) is 6.64. The van der Waals surface area contributed by atoms with Crippen LogP contribution < -0.4 is 10.5 Å². The van der Waals surface area contributed by atoms with Crippen molar-refractivity contribution in [2.45, 2.75) is 37.9 Å². The van der Waals surface area contributed by atoms with Crippen LogP contribution in [0.1, 0.15) is 25.3 Å². The summed E-state index contributed by atoms with van der Waals surface area (Å²) in [7, 11) is 0. The van der Waals surface area contributed by atoms with Crippen molar-refractivity contribution in [1.29, 1.82) is 0 Å². The monoisotopic (exact) mass is 433 g/mol. The van der Waals surface area contributed by atoms with Gasteiger partial charge < -0.3 is 4.90 Å². The Morgan fingerprint density at radius 2 is 1.90 bits per heavy atom. The van der Waals surface area contributed by atoms with Crippen LogP contribution >= 0.6 is 11.8 Å². The van der Waals surface area contributed by atoms with Crippen LogP contribution in [-0.2, 0) is 17.8 Å². The highest BCUT2D eigenvalue weighted by molar-refractivity contribution is 7.99. The zero-order chi connectivity index (χ0) is 21.4. The van der Waals surface area contributed by atoms with Gasteiger partial charge in [0.05, 0.1) is 16.7 Å². The molecule has 3 heterocycles. The van der Waals surface area contributed by atoms with E-state index in [0.717, 1.165) is 30.5 Å². The smallest absolute Gasteiger partial charge is 0.262 e. The number of anilines is 1. The summed E-state index contributed by atoms with van der Waals surface area (Å²) >= 11 is 1.36. The zero-order valence-corrected chi connectivity index (χ0v) is 18.1. The van der Waals surface area contributed by atoms with Gasteiger partial charge in [0.25, 0.3) is 5.56 Å². The summed E-state index contributed by atoms with van der Waals surface area (Å²) in [5.41, 5.74) is 2.92. The quantitative estimate of drug-likeness (QED) is 0.435. The van der Waals surface area contributed by atoms with E-state index >= 15 is 0 Å². The molecular formula is C23H23N5O2S. The first-order chi connectivity index (χ1) is 15.2. The van der Waals surface area contributed by atoms with Gasteiger partial charge in [-0.25, -0.2) is 0 Å². The third kappa shape index (κ3) is 3.40. The van der Waals surface area contributed by atoms with Crippen molar-refractivity contribution in [3.63, 3.8) is 0 Å². The first-order valence-electron chi connectivity index (χ1n) is 10.6. The van der Waals surface area contributed by atoms with E-state index in [0.29, 0.717) is 29.4 Å². The van der Waals surface area contributed by atoms with Crippen LogP contribution in [0.2, 0.25) is 0 Å². The molecule has 31 heavy (non-hydrogen) atoms. The van der Waals surface area contributed by atoms with E-state index in [4.69, 9.17) is 0 Å². The number of fused-ring (bicyclic) bond motifs is 4. The zero-order valence-electron chi connectivity index (χ0n) is 17.3. The first-order valence-corrected chi connectivity index (χ1v) is 11.6. The number of nitrogens with zero attached hydrogens (tertiary/aromatic N) is 5. The Hall–Kier alpha value is -3.13. The molecule has 4 aromatic rings. The maximum atomic E-state index is 13.0. The van der Waals surface area contributed by atoms with E-state index in [2.05, 4.69) is 23.2 Å². The molecule has 1 aliphatic rings. The number of hydrogen-bond acceptors (Lipinski definition) is 5. The fraction of sp³-hybridized carbons (Fsp3) is 0.304. The van der Waals surface area contributed by atoms with E-state index < -0.39 is 0 Å². The molecule has 158 valence electrons. The lowest BCUT2D eigenvalue weighted by Crippen LogP contribution is -2.30. The number of aryl methyl sites for hydroxylation is 1. The normalized spacial score (nSPS) is 13.3. The summed E-state index contributed by atoms with van der Waals surface area (Å²) in [6.07, 6.45) is 2.75. The fourth-order valence-electron chi connectivity index (χ4n) is 4.15. The highest BCUT2D eigenvalue weighted by Crippen LogP contribution is 2.29. The minimum Gasteiger partial charge on any atom is -0.311 e. The number of hydrogen-bond donors (Lipinski definition) is 0.